The molecular formula is C25H64F10O3. The molecule has 0 saturated heterocycles. The Balaban J connectivity index is -0.0000000264. The van der Waals surface area contributed by atoms with Gasteiger partial charge in [-0.25, -0.2) is 13.5 Å². The molecule has 0 N–H and O–H groups in total. The number of alkyl halides is 9. The highest BCUT2D eigenvalue weighted by Crippen LogP contribution is 2.43. The zero-order valence-electron chi connectivity index (χ0n) is 15.9. The molecule has 0 fully saturated rings. The first-order chi connectivity index (χ1) is 12.4. The molecule has 0 rings (SSSR count). The van der Waals surface area contributed by atoms with Crippen LogP contribution in [-0.2, 0) is 14.2 Å². The Kier molecular flexibility index (Phi) is 78.7. The van der Waals surface area contributed by atoms with Crippen LogP contribution in [-0.4, -0.2) is 44.8 Å². The van der Waals surface area contributed by atoms with Crippen molar-refractivity contribution in [2.75, 3.05) is 20.5 Å². The molecule has 0 bridgehead atoms. The maximum Gasteiger partial charge on any atom is 0.490 e. The Bertz CT molecular complexity index is 434. The lowest BCUT2D eigenvalue weighted by atomic mass is 10.1. The average Bonchev–Trinajstić information content (AvgIpc) is 2.53. The third-order valence-corrected chi connectivity index (χ3v) is 2.60. The maximum atomic E-state index is 13.2. The van der Waals surface area contributed by atoms with E-state index >= 15 is 0 Å². The van der Waals surface area contributed by atoms with E-state index in [-0.39, 0.29) is 108 Å². The molecule has 0 amide bonds. The van der Waals surface area contributed by atoms with Gasteiger partial charge in [0.1, 0.15) is 0 Å². The first-order valence-electron chi connectivity index (χ1n) is 7.64. The summed E-state index contributed by atoms with van der Waals surface area (Å²) in [6.45, 7) is 6.58. The molecule has 0 aromatic carbocycles. The molecule has 2 unspecified atom stereocenters. The van der Waals surface area contributed by atoms with Gasteiger partial charge in [-0.1, -0.05) is 101 Å². The molecule has 0 spiro atoms. The van der Waals surface area contributed by atoms with E-state index in [0.717, 1.165) is 6.42 Å². The molecule has 13 heteroatoms. The molecule has 2 atom stereocenters. The fourth-order valence-electron chi connectivity index (χ4n) is 0.747. The topological polar surface area (TPSA) is 27.7 Å². The van der Waals surface area contributed by atoms with Crippen LogP contribution in [0.3, 0.4) is 0 Å². The Labute approximate surface area is 230 Å². The van der Waals surface area contributed by atoms with Crippen molar-refractivity contribution in [1.82, 2.24) is 0 Å². The van der Waals surface area contributed by atoms with Gasteiger partial charge in [0, 0.05) is 14.0 Å². The third-order valence-electron chi connectivity index (χ3n) is 2.60. The highest BCUT2D eigenvalue weighted by atomic mass is 19.3. The van der Waals surface area contributed by atoms with E-state index in [9.17, 15) is 43.9 Å². The number of halogens is 10. The van der Waals surface area contributed by atoms with E-state index in [2.05, 4.69) is 14.2 Å². The van der Waals surface area contributed by atoms with Gasteiger partial charge in [-0.05, 0) is 12.8 Å². The van der Waals surface area contributed by atoms with Crippen molar-refractivity contribution in [3.05, 3.63) is 12.4 Å². The van der Waals surface area contributed by atoms with Crippen LogP contribution in [0, 0.1) is 5.92 Å². The fraction of sp³-hybridized carbons (Fsp3) is 0.920. The van der Waals surface area contributed by atoms with Gasteiger partial charge in [0.15, 0.2) is 5.83 Å². The Hall–Kier alpha value is -1.08. The van der Waals surface area contributed by atoms with E-state index in [1.165, 1.54) is 6.92 Å². The van der Waals surface area contributed by atoms with Gasteiger partial charge >= 0.3 is 24.4 Å². The second-order valence-corrected chi connectivity index (χ2v) is 5.16. The molecule has 0 radical (unpaired) electrons. The predicted molar refractivity (Wildman–Crippen MR) is 148 cm³/mol. The Morgan fingerprint density at radius 2 is 1.03 bits per heavy atom. The fourth-order valence-corrected chi connectivity index (χ4v) is 0.747. The summed E-state index contributed by atoms with van der Waals surface area (Å²) < 4.78 is 131. The van der Waals surface area contributed by atoms with Crippen molar-refractivity contribution in [2.24, 2.45) is 5.92 Å². The minimum Gasteiger partial charge on any atom is -0.299 e. The van der Waals surface area contributed by atoms with Crippen LogP contribution in [0.1, 0.15) is 108 Å². The summed E-state index contributed by atoms with van der Waals surface area (Å²) in [7, 11) is 0.227. The number of ether oxygens (including phenoxy) is 3. The zero-order valence-corrected chi connectivity index (χ0v) is 15.9. The van der Waals surface area contributed by atoms with Crippen molar-refractivity contribution in [3.8, 4) is 0 Å². The largest absolute Gasteiger partial charge is 0.490 e. The maximum absolute atomic E-state index is 13.2. The second-order valence-electron chi connectivity index (χ2n) is 5.16. The standard InChI is InChI=1S/C8H8F8O3.C5H11F.C2H5F.10CH4/c1-4(9)6(11,12)18-5(2,10)7(13,14)19-8(15,16)17-3;1-3-5(2)4-6;1-2-3;;;;;;;;;;/h1H2,2-3H3;5H,3-4H2,1-2H3;2H2,1H3;10*1H4. The van der Waals surface area contributed by atoms with Crippen LogP contribution in [0.4, 0.5) is 43.9 Å². The van der Waals surface area contributed by atoms with Gasteiger partial charge in [0.05, 0.1) is 13.3 Å². The molecule has 0 saturated carbocycles. The summed E-state index contributed by atoms with van der Waals surface area (Å²) in [4.78, 5) is 0. The zero-order chi connectivity index (χ0) is 23.4. The predicted octanol–water partition coefficient (Wildman–Crippen LogP) is 12.9. The monoisotopic (exact) mass is 602 g/mol. The number of hydrogen-bond donors (Lipinski definition) is 0. The molecule has 252 valence electrons. The van der Waals surface area contributed by atoms with Crippen LogP contribution in [0.2, 0.25) is 0 Å². The molecule has 3 nitrogen and oxygen atoms in total. The van der Waals surface area contributed by atoms with Crippen molar-refractivity contribution >= 4 is 0 Å². The van der Waals surface area contributed by atoms with E-state index in [0.29, 0.717) is 0 Å². The molecule has 0 aromatic rings. The Morgan fingerprint density at radius 3 is 1.18 bits per heavy atom. The molecule has 38 heavy (non-hydrogen) atoms. The molecule has 0 aliphatic rings. The summed E-state index contributed by atoms with van der Waals surface area (Å²) in [6, 6.07) is 0. The van der Waals surface area contributed by atoms with E-state index in [1.807, 2.05) is 20.4 Å². The number of rotatable bonds is 9. The quantitative estimate of drug-likeness (QED) is 0.194. The number of methoxy groups -OCH3 is 1. The first kappa shape index (κ1) is 83.3. The lowest BCUT2D eigenvalue weighted by Gasteiger charge is -2.33. The van der Waals surface area contributed by atoms with Gasteiger partial charge in [0.2, 0.25) is 0 Å². The van der Waals surface area contributed by atoms with E-state index in [4.69, 9.17) is 0 Å². The van der Waals surface area contributed by atoms with Gasteiger partial charge in [0.25, 0.3) is 0 Å². The summed E-state index contributed by atoms with van der Waals surface area (Å²) in [6.07, 6.45) is -14.8. The Morgan fingerprint density at radius 1 is 0.737 bits per heavy atom. The summed E-state index contributed by atoms with van der Waals surface area (Å²) in [5, 5.41) is 0. The lowest BCUT2D eigenvalue weighted by molar-refractivity contribution is -0.514. The third kappa shape index (κ3) is 37.1. The summed E-state index contributed by atoms with van der Waals surface area (Å²) in [5.41, 5.74) is 0. The lowest BCUT2D eigenvalue weighted by Crippen LogP contribution is -2.53. The molecule has 0 aliphatic heterocycles. The minimum atomic E-state index is -5.58. The molecule has 0 heterocycles. The highest BCUT2D eigenvalue weighted by Gasteiger charge is 2.63. The van der Waals surface area contributed by atoms with Crippen molar-refractivity contribution in [2.45, 2.75) is 133 Å². The minimum absolute atomic E-state index is 0. The van der Waals surface area contributed by atoms with Gasteiger partial charge < -0.3 is 0 Å². The summed E-state index contributed by atoms with van der Waals surface area (Å²) in [5.74, 6) is -7.14. The number of hydrogen-bond acceptors (Lipinski definition) is 3. The molecular weight excluding hydrogens is 538 g/mol. The van der Waals surface area contributed by atoms with Crippen molar-refractivity contribution < 1.29 is 58.1 Å². The van der Waals surface area contributed by atoms with Crippen LogP contribution >= 0.6 is 0 Å². The second kappa shape index (κ2) is 35.9. The smallest absolute Gasteiger partial charge is 0.299 e. The summed E-state index contributed by atoms with van der Waals surface area (Å²) >= 11 is 0. The molecule has 0 aromatic heterocycles. The van der Waals surface area contributed by atoms with Crippen LogP contribution in [0.15, 0.2) is 12.4 Å². The van der Waals surface area contributed by atoms with Crippen LogP contribution < -0.4 is 0 Å². The molecule has 0 aliphatic carbocycles. The first-order valence-corrected chi connectivity index (χ1v) is 7.64. The van der Waals surface area contributed by atoms with Crippen molar-refractivity contribution in [1.29, 1.82) is 0 Å². The van der Waals surface area contributed by atoms with Crippen molar-refractivity contribution in [3.63, 3.8) is 0 Å². The van der Waals surface area contributed by atoms with Crippen LogP contribution in [0.5, 0.6) is 0 Å². The van der Waals surface area contributed by atoms with Gasteiger partial charge in [-0.2, -0.15) is 17.6 Å². The highest BCUT2D eigenvalue weighted by molar-refractivity contribution is 4.93. The van der Waals surface area contributed by atoms with E-state index < -0.39 is 30.2 Å². The average molecular weight is 603 g/mol. The SMILES string of the molecule is C.C.C.C.C.C.C.C.C.C.C=C(F)C(F)(F)OC(C)(F)C(F)(F)OC(F)(F)OC.CCC(C)CF.CCF. The van der Waals surface area contributed by atoms with Gasteiger partial charge in [-0.15, -0.1) is 8.78 Å². The van der Waals surface area contributed by atoms with Gasteiger partial charge in [-0.3, -0.25) is 18.3 Å². The van der Waals surface area contributed by atoms with E-state index in [1.54, 1.807) is 0 Å². The van der Waals surface area contributed by atoms with Crippen LogP contribution in [0.25, 0.3) is 0 Å². The normalized spacial score (nSPS) is 11.3.